The lowest BCUT2D eigenvalue weighted by atomic mass is 10.0. The summed E-state index contributed by atoms with van der Waals surface area (Å²) in [6, 6.07) is 0. The van der Waals surface area contributed by atoms with Gasteiger partial charge < -0.3 is 29.9 Å². The molecule has 0 saturated heterocycles. The van der Waals surface area contributed by atoms with Gasteiger partial charge in [0.15, 0.2) is 0 Å². The van der Waals surface area contributed by atoms with Crippen molar-refractivity contribution in [2.75, 3.05) is 26.4 Å². The van der Waals surface area contributed by atoms with Crippen LogP contribution in [0.2, 0.25) is 0 Å². The van der Waals surface area contributed by atoms with Gasteiger partial charge in [0.05, 0.1) is 13.2 Å². The van der Waals surface area contributed by atoms with Crippen LogP contribution in [0.15, 0.2) is 0 Å². The van der Waals surface area contributed by atoms with Crippen molar-refractivity contribution in [3.8, 4) is 0 Å². The summed E-state index contributed by atoms with van der Waals surface area (Å²) < 4.78 is 9.74. The van der Waals surface area contributed by atoms with Gasteiger partial charge in [-0.3, -0.25) is 9.59 Å². The first-order chi connectivity index (χ1) is 16.5. The number of rotatable bonds is 25. The third kappa shape index (κ3) is 23.9. The minimum atomic E-state index is -0.980. The molecule has 0 aliphatic heterocycles. The topological polar surface area (TPSA) is 134 Å². The van der Waals surface area contributed by atoms with E-state index in [9.17, 15) is 9.59 Å². The van der Waals surface area contributed by atoms with E-state index in [0.29, 0.717) is 12.8 Å². The van der Waals surface area contributed by atoms with Crippen LogP contribution in [-0.4, -0.2) is 71.0 Å². The summed E-state index contributed by atoms with van der Waals surface area (Å²) in [5, 5.41) is 35.6. The summed E-state index contributed by atoms with van der Waals surface area (Å²) in [5.74, 6) is -0.606. The largest absolute Gasteiger partial charge is 0.463 e. The molecule has 0 aliphatic rings. The third-order valence-electron chi connectivity index (χ3n) is 5.81. The monoisotopic (exact) mass is 490 g/mol. The van der Waals surface area contributed by atoms with Gasteiger partial charge in [0.1, 0.15) is 25.4 Å². The highest BCUT2D eigenvalue weighted by atomic mass is 16.5. The highest BCUT2D eigenvalue weighted by molar-refractivity contribution is 5.69. The van der Waals surface area contributed by atoms with E-state index in [1.807, 2.05) is 0 Å². The molecule has 4 N–H and O–H groups in total. The van der Waals surface area contributed by atoms with Crippen LogP contribution in [0.5, 0.6) is 0 Å². The molecule has 8 heteroatoms. The van der Waals surface area contributed by atoms with E-state index >= 15 is 0 Å². The zero-order valence-electron chi connectivity index (χ0n) is 21.1. The summed E-state index contributed by atoms with van der Waals surface area (Å²) >= 11 is 0. The maximum absolute atomic E-state index is 11.4. The van der Waals surface area contributed by atoms with E-state index in [0.717, 1.165) is 38.5 Å². The fourth-order valence-corrected chi connectivity index (χ4v) is 3.64. The number of esters is 2. The zero-order valence-corrected chi connectivity index (χ0v) is 21.1. The third-order valence-corrected chi connectivity index (χ3v) is 5.81. The average Bonchev–Trinajstić information content (AvgIpc) is 2.84. The Bertz CT molecular complexity index is 430. The van der Waals surface area contributed by atoms with Crippen LogP contribution >= 0.6 is 0 Å². The van der Waals surface area contributed by atoms with E-state index in [2.05, 4.69) is 0 Å². The predicted octanol–water partition coefficient (Wildman–Crippen LogP) is 3.80. The predicted molar refractivity (Wildman–Crippen MR) is 131 cm³/mol. The first kappa shape index (κ1) is 32.8. The van der Waals surface area contributed by atoms with Crippen LogP contribution in [0.1, 0.15) is 116 Å². The van der Waals surface area contributed by atoms with Crippen molar-refractivity contribution in [3.05, 3.63) is 0 Å². The second-order valence-corrected chi connectivity index (χ2v) is 9.20. The Hall–Kier alpha value is -1.22. The molecule has 0 bridgehead atoms. The Morgan fingerprint density at radius 1 is 0.471 bits per heavy atom. The molecule has 0 heterocycles. The van der Waals surface area contributed by atoms with Crippen molar-refractivity contribution >= 4 is 11.9 Å². The molecular weight excluding hydrogens is 440 g/mol. The summed E-state index contributed by atoms with van der Waals surface area (Å²) in [4.78, 5) is 22.9. The number of hydrogen-bond acceptors (Lipinski definition) is 8. The van der Waals surface area contributed by atoms with Gasteiger partial charge in [0.25, 0.3) is 0 Å². The molecule has 202 valence electrons. The van der Waals surface area contributed by atoms with Crippen LogP contribution < -0.4 is 0 Å². The van der Waals surface area contributed by atoms with Gasteiger partial charge in [-0.25, -0.2) is 0 Å². The first-order valence-corrected chi connectivity index (χ1v) is 13.4. The van der Waals surface area contributed by atoms with Crippen molar-refractivity contribution in [2.45, 2.75) is 128 Å². The van der Waals surface area contributed by atoms with Crippen molar-refractivity contribution in [1.29, 1.82) is 0 Å². The van der Waals surface area contributed by atoms with Gasteiger partial charge in [0.2, 0.25) is 0 Å². The van der Waals surface area contributed by atoms with E-state index in [4.69, 9.17) is 29.9 Å². The number of hydrogen-bond donors (Lipinski definition) is 4. The molecule has 0 saturated carbocycles. The van der Waals surface area contributed by atoms with E-state index < -0.39 is 25.4 Å². The quantitative estimate of drug-likeness (QED) is 0.112. The number of carbonyl (C=O) groups is 2. The fourth-order valence-electron chi connectivity index (χ4n) is 3.64. The molecule has 2 unspecified atom stereocenters. The molecule has 34 heavy (non-hydrogen) atoms. The van der Waals surface area contributed by atoms with E-state index in [-0.39, 0.29) is 25.2 Å². The van der Waals surface area contributed by atoms with Gasteiger partial charge >= 0.3 is 11.9 Å². The number of unbranched alkanes of at least 4 members (excludes halogenated alkanes) is 15. The fraction of sp³-hybridized carbons (Fsp3) is 0.923. The Labute approximate surface area is 206 Å². The van der Waals surface area contributed by atoms with E-state index in [1.54, 1.807) is 0 Å². The lowest BCUT2D eigenvalue weighted by molar-refractivity contribution is -0.148. The maximum Gasteiger partial charge on any atom is 0.305 e. The molecule has 8 nitrogen and oxygen atoms in total. The van der Waals surface area contributed by atoms with Gasteiger partial charge in [-0.2, -0.15) is 0 Å². The lowest BCUT2D eigenvalue weighted by Gasteiger charge is -2.08. The van der Waals surface area contributed by atoms with Crippen molar-refractivity contribution in [2.24, 2.45) is 0 Å². The molecule has 0 aromatic carbocycles. The van der Waals surface area contributed by atoms with Crippen LogP contribution in [0.3, 0.4) is 0 Å². The minimum Gasteiger partial charge on any atom is -0.463 e. The molecule has 0 fully saturated rings. The smallest absolute Gasteiger partial charge is 0.305 e. The molecule has 0 radical (unpaired) electrons. The van der Waals surface area contributed by atoms with Crippen LogP contribution in [0.4, 0.5) is 0 Å². The molecule has 0 aromatic heterocycles. The van der Waals surface area contributed by atoms with Crippen molar-refractivity contribution < 1.29 is 39.5 Å². The molecule has 0 aliphatic carbocycles. The second kappa shape index (κ2) is 24.9. The number of carbonyl (C=O) groups excluding carboxylic acids is 2. The lowest BCUT2D eigenvalue weighted by Crippen LogP contribution is -2.21. The normalized spacial score (nSPS) is 12.9. The van der Waals surface area contributed by atoms with Crippen molar-refractivity contribution in [3.63, 3.8) is 0 Å². The molecule has 0 spiro atoms. The first-order valence-electron chi connectivity index (χ1n) is 13.4. The zero-order chi connectivity index (χ0) is 25.3. The van der Waals surface area contributed by atoms with Crippen LogP contribution in [0, 0.1) is 0 Å². The Morgan fingerprint density at radius 3 is 0.941 bits per heavy atom. The molecule has 0 aromatic rings. The molecule has 0 rings (SSSR count). The van der Waals surface area contributed by atoms with Gasteiger partial charge in [-0.05, 0) is 12.8 Å². The second-order valence-electron chi connectivity index (χ2n) is 9.20. The Morgan fingerprint density at radius 2 is 0.706 bits per heavy atom. The number of ether oxygens (including phenoxy) is 2. The number of aliphatic hydroxyl groups is 4. The molecule has 0 amide bonds. The molecule has 2 atom stereocenters. The summed E-state index contributed by atoms with van der Waals surface area (Å²) in [5.41, 5.74) is 0. The number of aliphatic hydroxyl groups excluding tert-OH is 4. The van der Waals surface area contributed by atoms with Crippen molar-refractivity contribution in [1.82, 2.24) is 0 Å². The van der Waals surface area contributed by atoms with Gasteiger partial charge in [-0.1, -0.05) is 89.9 Å². The molecular formula is C26H50O8. The van der Waals surface area contributed by atoms with Crippen LogP contribution in [0.25, 0.3) is 0 Å². The highest BCUT2D eigenvalue weighted by Crippen LogP contribution is 2.14. The minimum absolute atomic E-state index is 0.129. The standard InChI is InChI=1S/C26H50O8/c27-19-23(29)21-33-25(31)17-15-13-11-9-7-5-3-1-2-4-6-8-10-12-14-16-18-26(32)34-22-24(30)20-28/h23-24,27-30H,1-22H2. The average molecular weight is 491 g/mol. The maximum atomic E-state index is 11.4. The summed E-state index contributed by atoms with van der Waals surface area (Å²) in [6.07, 6.45) is 17.4. The summed E-state index contributed by atoms with van der Waals surface area (Å²) in [6.45, 7) is -1.04. The summed E-state index contributed by atoms with van der Waals surface area (Å²) in [7, 11) is 0. The van der Waals surface area contributed by atoms with Gasteiger partial charge in [-0.15, -0.1) is 0 Å². The Balaban J connectivity index is 3.20. The van der Waals surface area contributed by atoms with Gasteiger partial charge in [0, 0.05) is 12.8 Å². The SMILES string of the molecule is O=C(CCCCCCCCCCCCCCCCCCC(=O)OCC(O)CO)OCC(O)CO. The van der Waals surface area contributed by atoms with Crippen LogP contribution in [-0.2, 0) is 19.1 Å². The Kier molecular flexibility index (Phi) is 24.0. The highest BCUT2D eigenvalue weighted by Gasteiger charge is 2.08. The van der Waals surface area contributed by atoms with E-state index in [1.165, 1.54) is 64.2 Å².